The van der Waals surface area contributed by atoms with Crippen molar-refractivity contribution in [3.05, 3.63) is 11.3 Å². The van der Waals surface area contributed by atoms with Gasteiger partial charge < -0.3 is 10.1 Å². The van der Waals surface area contributed by atoms with Gasteiger partial charge in [0.2, 0.25) is 5.88 Å². The zero-order valence-corrected chi connectivity index (χ0v) is 13.2. The molecule has 0 aromatic carbocycles. The van der Waals surface area contributed by atoms with Gasteiger partial charge in [-0.1, -0.05) is 6.92 Å². The molecule has 0 saturated heterocycles. The molecule has 1 aromatic rings. The number of ether oxygens (including phenoxy) is 1. The van der Waals surface area contributed by atoms with Gasteiger partial charge in [0, 0.05) is 24.9 Å². The molecule has 0 spiro atoms. The summed E-state index contributed by atoms with van der Waals surface area (Å²) in [5.41, 5.74) is 2.25. The molecule has 1 aliphatic rings. The molecule has 0 radical (unpaired) electrons. The summed E-state index contributed by atoms with van der Waals surface area (Å²) >= 11 is 2.10. The lowest BCUT2D eigenvalue weighted by Gasteiger charge is -2.13. The molecule has 0 amide bonds. The van der Waals surface area contributed by atoms with E-state index in [-0.39, 0.29) is 0 Å². The van der Waals surface area contributed by atoms with E-state index in [4.69, 9.17) is 4.74 Å². The Morgan fingerprint density at radius 1 is 1.47 bits per heavy atom. The summed E-state index contributed by atoms with van der Waals surface area (Å²) in [5.74, 6) is 2.11. The van der Waals surface area contributed by atoms with Crippen LogP contribution in [0.1, 0.15) is 37.4 Å². The second kappa shape index (κ2) is 6.66. The maximum Gasteiger partial charge on any atom is 0.216 e. The molecule has 5 heteroatoms. The van der Waals surface area contributed by atoms with Crippen molar-refractivity contribution in [3.63, 3.8) is 0 Å². The quantitative estimate of drug-likeness (QED) is 0.870. The lowest BCUT2D eigenvalue weighted by molar-refractivity contribution is 0.366. The molecule has 108 valence electrons. The van der Waals surface area contributed by atoms with Crippen LogP contribution in [0.2, 0.25) is 0 Å². The molecular weight excluding hydrogens is 258 g/mol. The Kier molecular flexibility index (Phi) is 5.16. The van der Waals surface area contributed by atoms with Crippen LogP contribution in [0.15, 0.2) is 0 Å². The molecule has 2 atom stereocenters. The van der Waals surface area contributed by atoms with Crippen LogP contribution >= 0.6 is 11.8 Å². The van der Waals surface area contributed by atoms with Crippen LogP contribution in [0, 0.1) is 6.92 Å². The predicted octanol–water partition coefficient (Wildman–Crippen LogP) is 2.50. The van der Waals surface area contributed by atoms with Gasteiger partial charge in [-0.3, -0.25) is 0 Å². The summed E-state index contributed by atoms with van der Waals surface area (Å²) in [7, 11) is 3.64. The molecular formula is C14H25N3OS. The first-order valence-electron chi connectivity index (χ1n) is 7.07. The first-order chi connectivity index (χ1) is 9.15. The molecule has 0 bridgehead atoms. The van der Waals surface area contributed by atoms with Gasteiger partial charge in [0.15, 0.2) is 0 Å². The first kappa shape index (κ1) is 14.7. The van der Waals surface area contributed by atoms with Gasteiger partial charge in [0.1, 0.15) is 0 Å². The Morgan fingerprint density at radius 2 is 2.26 bits per heavy atom. The van der Waals surface area contributed by atoms with Crippen molar-refractivity contribution < 1.29 is 4.74 Å². The smallest absolute Gasteiger partial charge is 0.216 e. The lowest BCUT2D eigenvalue weighted by Crippen LogP contribution is -2.26. The highest BCUT2D eigenvalue weighted by Crippen LogP contribution is 2.30. The largest absolute Gasteiger partial charge is 0.481 e. The topological polar surface area (TPSA) is 39.1 Å². The summed E-state index contributed by atoms with van der Waals surface area (Å²) in [6.07, 6.45) is 3.93. The molecule has 0 unspecified atom stereocenters. The van der Waals surface area contributed by atoms with E-state index in [9.17, 15) is 0 Å². The summed E-state index contributed by atoms with van der Waals surface area (Å²) in [6, 6.07) is 0.647. The van der Waals surface area contributed by atoms with Crippen molar-refractivity contribution in [1.82, 2.24) is 15.1 Å². The number of hydrogen-bond acceptors (Lipinski definition) is 4. The van der Waals surface area contributed by atoms with Gasteiger partial charge in [-0.25, -0.2) is 4.68 Å². The Bertz CT molecular complexity index is 419. The Labute approximate surface area is 120 Å². The summed E-state index contributed by atoms with van der Waals surface area (Å²) in [6.45, 7) is 5.15. The second-order valence-electron chi connectivity index (χ2n) is 5.17. The van der Waals surface area contributed by atoms with Crippen LogP contribution in [0.3, 0.4) is 0 Å². The fourth-order valence-electron chi connectivity index (χ4n) is 2.90. The van der Waals surface area contributed by atoms with Gasteiger partial charge in [-0.15, -0.1) is 0 Å². The van der Waals surface area contributed by atoms with Gasteiger partial charge in [-0.2, -0.15) is 16.9 Å². The molecule has 2 rings (SSSR count). The van der Waals surface area contributed by atoms with Crippen LogP contribution in [-0.2, 0) is 13.6 Å². The zero-order chi connectivity index (χ0) is 13.8. The minimum Gasteiger partial charge on any atom is -0.481 e. The van der Waals surface area contributed by atoms with Crippen molar-refractivity contribution in [1.29, 1.82) is 0 Å². The van der Waals surface area contributed by atoms with E-state index in [0.717, 1.165) is 23.4 Å². The molecule has 1 saturated carbocycles. The fourth-order valence-corrected chi connectivity index (χ4v) is 4.04. The zero-order valence-electron chi connectivity index (χ0n) is 12.4. The predicted molar refractivity (Wildman–Crippen MR) is 80.9 cm³/mol. The Balaban J connectivity index is 1.89. The van der Waals surface area contributed by atoms with Gasteiger partial charge in [0.05, 0.1) is 18.4 Å². The van der Waals surface area contributed by atoms with Crippen molar-refractivity contribution in [2.75, 3.05) is 12.9 Å². The standard InChI is InChI=1S/C14H25N3OS/c1-5-19-12-7-6-11(8-12)15-9-13-10(2)16-17(3)14(13)18-4/h11-12,15H,5-9H2,1-4H3/t11-,12-/m0/s1. The summed E-state index contributed by atoms with van der Waals surface area (Å²) < 4.78 is 7.24. The average molecular weight is 283 g/mol. The number of rotatable bonds is 6. The van der Waals surface area contributed by atoms with Crippen LogP contribution < -0.4 is 10.1 Å². The molecule has 0 aliphatic heterocycles. The van der Waals surface area contributed by atoms with E-state index >= 15 is 0 Å². The highest BCUT2D eigenvalue weighted by Gasteiger charge is 2.25. The van der Waals surface area contributed by atoms with Gasteiger partial charge in [0.25, 0.3) is 0 Å². The van der Waals surface area contributed by atoms with E-state index in [2.05, 4.69) is 29.1 Å². The number of methoxy groups -OCH3 is 1. The molecule has 1 aliphatic carbocycles. The van der Waals surface area contributed by atoms with Crippen LogP contribution in [0.4, 0.5) is 0 Å². The SMILES string of the molecule is CCS[C@H]1CC[C@H](NCc2c(C)nn(C)c2OC)C1. The van der Waals surface area contributed by atoms with Gasteiger partial charge >= 0.3 is 0 Å². The highest BCUT2D eigenvalue weighted by atomic mass is 32.2. The molecule has 4 nitrogen and oxygen atoms in total. The van der Waals surface area contributed by atoms with Gasteiger partial charge in [-0.05, 0) is 31.9 Å². The van der Waals surface area contributed by atoms with Crippen LogP contribution in [0.5, 0.6) is 5.88 Å². The first-order valence-corrected chi connectivity index (χ1v) is 8.12. The molecule has 1 fully saturated rings. The third-order valence-corrected chi connectivity index (χ3v) is 5.07. The fraction of sp³-hybridized carbons (Fsp3) is 0.786. The molecule has 1 N–H and O–H groups in total. The number of aromatic nitrogens is 2. The second-order valence-corrected chi connectivity index (χ2v) is 6.74. The molecule has 1 aromatic heterocycles. The van der Waals surface area contributed by atoms with Crippen molar-refractivity contribution in [2.45, 2.75) is 50.9 Å². The normalized spacial score (nSPS) is 22.9. The average Bonchev–Trinajstić information content (AvgIpc) is 2.92. The number of aryl methyl sites for hydroxylation is 2. The molecule has 19 heavy (non-hydrogen) atoms. The third-order valence-electron chi connectivity index (χ3n) is 3.84. The number of nitrogens with one attached hydrogen (secondary N) is 1. The van der Waals surface area contributed by atoms with Crippen molar-refractivity contribution in [3.8, 4) is 5.88 Å². The van der Waals surface area contributed by atoms with Crippen molar-refractivity contribution >= 4 is 11.8 Å². The maximum absolute atomic E-state index is 5.43. The Morgan fingerprint density at radius 3 is 2.95 bits per heavy atom. The Hall–Kier alpha value is -0.680. The van der Waals surface area contributed by atoms with Crippen LogP contribution in [0.25, 0.3) is 0 Å². The summed E-state index contributed by atoms with van der Waals surface area (Å²) in [5, 5.41) is 8.93. The number of thioether (sulfide) groups is 1. The van der Waals surface area contributed by atoms with E-state index in [0.29, 0.717) is 6.04 Å². The minimum atomic E-state index is 0.647. The minimum absolute atomic E-state index is 0.647. The number of hydrogen-bond donors (Lipinski definition) is 1. The maximum atomic E-state index is 5.43. The van der Waals surface area contributed by atoms with E-state index in [1.807, 2.05) is 18.7 Å². The molecule has 1 heterocycles. The van der Waals surface area contributed by atoms with Crippen molar-refractivity contribution in [2.24, 2.45) is 7.05 Å². The third kappa shape index (κ3) is 3.45. The highest BCUT2D eigenvalue weighted by molar-refractivity contribution is 7.99. The van der Waals surface area contributed by atoms with E-state index in [1.54, 1.807) is 7.11 Å². The van der Waals surface area contributed by atoms with E-state index < -0.39 is 0 Å². The van der Waals surface area contributed by atoms with Crippen LogP contribution in [-0.4, -0.2) is 33.9 Å². The lowest BCUT2D eigenvalue weighted by atomic mass is 10.2. The monoisotopic (exact) mass is 283 g/mol. The number of nitrogens with zero attached hydrogens (tertiary/aromatic N) is 2. The van der Waals surface area contributed by atoms with E-state index in [1.165, 1.54) is 30.6 Å². The summed E-state index contributed by atoms with van der Waals surface area (Å²) in [4.78, 5) is 0.